The van der Waals surface area contributed by atoms with Gasteiger partial charge < -0.3 is 9.80 Å². The number of hydrogen-bond donors (Lipinski definition) is 0. The van der Waals surface area contributed by atoms with Gasteiger partial charge in [0.15, 0.2) is 0 Å². The molecule has 0 spiro atoms. The smallest absolute Gasteiger partial charge is 0.336 e. The van der Waals surface area contributed by atoms with Crippen molar-refractivity contribution >= 4 is 27.5 Å². The molecule has 7 nitrogen and oxygen atoms in total. The number of sulfonamides is 1. The fourth-order valence-electron chi connectivity index (χ4n) is 4.87. The standard InChI is InChI=1S/C23H22F3N3O4S/c24-23(25,26)18-3-1-2-17(12-18)22(31)27-8-10-28(11-9-27)34(32,33)19-13-15-4-5-20(30)29-7-6-16(14-19)21(15)29/h1-3,12-14H,4-11H2. The second kappa shape index (κ2) is 8.09. The van der Waals surface area contributed by atoms with Crippen LogP contribution in [0.5, 0.6) is 0 Å². The van der Waals surface area contributed by atoms with Gasteiger partial charge in [-0.3, -0.25) is 9.59 Å². The van der Waals surface area contributed by atoms with Gasteiger partial charge in [0.2, 0.25) is 15.9 Å². The molecule has 0 atom stereocenters. The molecule has 3 aliphatic rings. The van der Waals surface area contributed by atoms with Crippen LogP contribution in [0.2, 0.25) is 0 Å². The Bertz CT molecular complexity index is 1280. The monoisotopic (exact) mass is 493 g/mol. The third-order valence-corrected chi connectivity index (χ3v) is 8.50. The molecule has 1 saturated heterocycles. The van der Waals surface area contributed by atoms with Crippen molar-refractivity contribution in [3.05, 3.63) is 58.7 Å². The fraction of sp³-hybridized carbons (Fsp3) is 0.391. The Morgan fingerprint density at radius 1 is 0.882 bits per heavy atom. The molecule has 2 aromatic carbocycles. The Morgan fingerprint density at radius 2 is 1.56 bits per heavy atom. The van der Waals surface area contributed by atoms with Crippen LogP contribution in [0.3, 0.4) is 0 Å². The Labute approximate surface area is 194 Å². The first kappa shape index (κ1) is 22.9. The molecule has 0 radical (unpaired) electrons. The number of aryl methyl sites for hydroxylation is 1. The molecule has 34 heavy (non-hydrogen) atoms. The lowest BCUT2D eigenvalue weighted by Gasteiger charge is -2.34. The minimum absolute atomic E-state index is 0.0457. The van der Waals surface area contributed by atoms with Crippen LogP contribution in [0.4, 0.5) is 18.9 Å². The van der Waals surface area contributed by atoms with Gasteiger partial charge in [-0.2, -0.15) is 17.5 Å². The lowest BCUT2D eigenvalue weighted by molar-refractivity contribution is -0.137. The van der Waals surface area contributed by atoms with Crippen LogP contribution in [-0.2, 0) is 33.8 Å². The number of anilines is 1. The zero-order valence-electron chi connectivity index (χ0n) is 18.1. The van der Waals surface area contributed by atoms with E-state index < -0.39 is 27.7 Å². The highest BCUT2D eigenvalue weighted by Gasteiger charge is 2.36. The van der Waals surface area contributed by atoms with Crippen molar-refractivity contribution in [2.45, 2.75) is 30.3 Å². The van der Waals surface area contributed by atoms with Crippen molar-refractivity contribution in [2.75, 3.05) is 37.6 Å². The number of benzene rings is 2. The first-order chi connectivity index (χ1) is 16.1. The van der Waals surface area contributed by atoms with E-state index in [1.54, 1.807) is 17.0 Å². The topological polar surface area (TPSA) is 78.0 Å². The lowest BCUT2D eigenvalue weighted by Crippen LogP contribution is -2.50. The second-order valence-corrected chi connectivity index (χ2v) is 10.6. The number of piperazine rings is 1. The van der Waals surface area contributed by atoms with Crippen molar-refractivity contribution < 1.29 is 31.2 Å². The summed E-state index contributed by atoms with van der Waals surface area (Å²) in [7, 11) is -3.82. The van der Waals surface area contributed by atoms with Gasteiger partial charge in [-0.15, -0.1) is 0 Å². The van der Waals surface area contributed by atoms with Gasteiger partial charge in [0, 0.05) is 44.7 Å². The molecule has 0 aliphatic carbocycles. The Morgan fingerprint density at radius 3 is 2.24 bits per heavy atom. The number of carbonyl (C=O) groups excluding carboxylic acids is 2. The van der Waals surface area contributed by atoms with Crippen molar-refractivity contribution in [2.24, 2.45) is 0 Å². The summed E-state index contributed by atoms with van der Waals surface area (Å²) in [4.78, 5) is 28.1. The Hall–Kier alpha value is -2.92. The quantitative estimate of drug-likeness (QED) is 0.659. The van der Waals surface area contributed by atoms with E-state index in [2.05, 4.69) is 0 Å². The zero-order valence-corrected chi connectivity index (χ0v) is 19.0. The maximum atomic E-state index is 13.3. The van der Waals surface area contributed by atoms with Crippen molar-refractivity contribution in [3.8, 4) is 0 Å². The molecular formula is C23H22F3N3O4S. The van der Waals surface area contributed by atoms with Crippen LogP contribution >= 0.6 is 0 Å². The third kappa shape index (κ3) is 3.86. The van der Waals surface area contributed by atoms with Crippen LogP contribution < -0.4 is 4.90 Å². The number of amides is 2. The summed E-state index contributed by atoms with van der Waals surface area (Å²) in [5, 5.41) is 0. The molecule has 2 amide bonds. The van der Waals surface area contributed by atoms with Crippen molar-refractivity contribution in [3.63, 3.8) is 0 Å². The van der Waals surface area contributed by atoms with Crippen LogP contribution in [0, 0.1) is 0 Å². The summed E-state index contributed by atoms with van der Waals surface area (Å²) in [5.41, 5.74) is 1.56. The van der Waals surface area contributed by atoms with E-state index in [1.807, 2.05) is 0 Å². The zero-order chi connectivity index (χ0) is 24.3. The van der Waals surface area contributed by atoms with E-state index in [0.717, 1.165) is 28.9 Å². The minimum Gasteiger partial charge on any atom is -0.336 e. The predicted molar refractivity (Wildman–Crippen MR) is 117 cm³/mol. The molecule has 11 heteroatoms. The van der Waals surface area contributed by atoms with Gasteiger partial charge in [-0.05, 0) is 54.3 Å². The SMILES string of the molecule is O=C(c1cccc(C(F)(F)F)c1)N1CCN(S(=O)(=O)c2cc3c4c(c2)CCN4C(=O)CC3)CC1. The summed E-state index contributed by atoms with van der Waals surface area (Å²) >= 11 is 0. The maximum Gasteiger partial charge on any atom is 0.416 e. The van der Waals surface area contributed by atoms with Gasteiger partial charge in [-0.1, -0.05) is 6.07 Å². The third-order valence-electron chi connectivity index (χ3n) is 6.63. The van der Waals surface area contributed by atoms with Crippen molar-refractivity contribution in [1.29, 1.82) is 0 Å². The Kier molecular flexibility index (Phi) is 5.44. The lowest BCUT2D eigenvalue weighted by atomic mass is 10.00. The summed E-state index contributed by atoms with van der Waals surface area (Å²) in [6, 6.07) is 7.50. The summed E-state index contributed by atoms with van der Waals surface area (Å²) in [6.45, 7) is 0.803. The van der Waals surface area contributed by atoms with E-state index in [1.165, 1.54) is 21.3 Å². The van der Waals surface area contributed by atoms with Gasteiger partial charge in [-0.25, -0.2) is 8.42 Å². The first-order valence-electron chi connectivity index (χ1n) is 11.0. The fourth-order valence-corrected chi connectivity index (χ4v) is 6.39. The van der Waals surface area contributed by atoms with E-state index in [0.29, 0.717) is 25.8 Å². The summed E-state index contributed by atoms with van der Waals surface area (Å²) in [5.74, 6) is -0.502. The molecule has 5 rings (SSSR count). The van der Waals surface area contributed by atoms with Crippen LogP contribution in [0.25, 0.3) is 0 Å². The minimum atomic E-state index is -4.55. The number of halogens is 3. The molecule has 0 bridgehead atoms. The molecule has 1 fully saturated rings. The molecule has 2 aromatic rings. The number of carbonyl (C=O) groups is 2. The van der Waals surface area contributed by atoms with E-state index >= 15 is 0 Å². The molecule has 0 unspecified atom stereocenters. The van der Waals surface area contributed by atoms with Crippen LogP contribution in [-0.4, -0.2) is 62.2 Å². The number of alkyl halides is 3. The number of rotatable bonds is 3. The van der Waals surface area contributed by atoms with Gasteiger partial charge in [0.1, 0.15) is 0 Å². The molecule has 3 heterocycles. The van der Waals surface area contributed by atoms with Crippen LogP contribution in [0.15, 0.2) is 41.3 Å². The molecule has 0 aromatic heterocycles. The maximum absolute atomic E-state index is 13.3. The average molecular weight is 494 g/mol. The number of hydrogen-bond acceptors (Lipinski definition) is 4. The largest absolute Gasteiger partial charge is 0.416 e. The van der Waals surface area contributed by atoms with E-state index in [4.69, 9.17) is 0 Å². The average Bonchev–Trinajstić information content (AvgIpc) is 3.26. The van der Waals surface area contributed by atoms with Crippen molar-refractivity contribution in [1.82, 2.24) is 9.21 Å². The highest BCUT2D eigenvalue weighted by Crippen LogP contribution is 2.39. The first-order valence-corrected chi connectivity index (χ1v) is 12.4. The molecular weight excluding hydrogens is 471 g/mol. The highest BCUT2D eigenvalue weighted by atomic mass is 32.2. The highest BCUT2D eigenvalue weighted by molar-refractivity contribution is 7.89. The Balaban J connectivity index is 1.32. The summed E-state index contributed by atoms with van der Waals surface area (Å²) in [6.07, 6.45) is -3.09. The van der Waals surface area contributed by atoms with Gasteiger partial charge >= 0.3 is 6.18 Å². The van der Waals surface area contributed by atoms with E-state index in [9.17, 15) is 31.2 Å². The molecule has 0 saturated carbocycles. The molecule has 3 aliphatic heterocycles. The molecule has 0 N–H and O–H groups in total. The number of nitrogens with zero attached hydrogens (tertiary/aromatic N) is 3. The van der Waals surface area contributed by atoms with Gasteiger partial charge in [0.05, 0.1) is 16.1 Å². The summed E-state index contributed by atoms with van der Waals surface area (Å²) < 4.78 is 66.9. The normalized spacial score (nSPS) is 18.9. The second-order valence-electron chi connectivity index (χ2n) is 8.66. The van der Waals surface area contributed by atoms with Crippen LogP contribution in [0.1, 0.15) is 33.5 Å². The predicted octanol–water partition coefficient (Wildman–Crippen LogP) is 2.69. The molecule has 180 valence electrons. The van der Waals surface area contributed by atoms with E-state index in [-0.39, 0.29) is 42.5 Å². The van der Waals surface area contributed by atoms with Gasteiger partial charge in [0.25, 0.3) is 5.91 Å².